The molecule has 3 amide bonds. The summed E-state index contributed by atoms with van der Waals surface area (Å²) in [6.45, 7) is 0.846. The number of carbonyl (C=O) groups is 3. The SMILES string of the molecule is COc1cc(C(=O)Nc2ccc(C(=O)NCc3ccc4ccccc4c3)cc2OCc2ccccc2)ccc1NC(=O)c1ccc(N)c(OCCc2ccc(O)cc2)c1. The van der Waals surface area contributed by atoms with Crippen molar-refractivity contribution in [3.05, 3.63) is 185 Å². The van der Waals surface area contributed by atoms with Crippen LogP contribution in [0.25, 0.3) is 10.8 Å². The maximum atomic E-state index is 13.7. The molecule has 0 atom stereocenters. The Morgan fingerprint density at radius 1 is 0.559 bits per heavy atom. The minimum atomic E-state index is -0.466. The molecule has 0 radical (unpaired) electrons. The van der Waals surface area contributed by atoms with Crippen molar-refractivity contribution in [2.45, 2.75) is 19.6 Å². The Kier molecular flexibility index (Phi) is 12.3. The van der Waals surface area contributed by atoms with E-state index in [0.717, 1.165) is 27.5 Å². The molecular formula is C48H42N4O7. The van der Waals surface area contributed by atoms with Crippen LogP contribution in [0.2, 0.25) is 0 Å². The van der Waals surface area contributed by atoms with Crippen LogP contribution in [0.15, 0.2) is 152 Å². The number of nitrogen functional groups attached to an aromatic ring is 1. The number of phenols is 1. The van der Waals surface area contributed by atoms with Gasteiger partial charge in [-0.25, -0.2) is 0 Å². The van der Waals surface area contributed by atoms with Gasteiger partial charge in [-0.15, -0.1) is 0 Å². The molecule has 0 bridgehead atoms. The lowest BCUT2D eigenvalue weighted by Crippen LogP contribution is -2.23. The molecule has 296 valence electrons. The summed E-state index contributed by atoms with van der Waals surface area (Å²) in [7, 11) is 1.44. The molecule has 7 rings (SSSR count). The van der Waals surface area contributed by atoms with E-state index in [2.05, 4.69) is 16.0 Å². The number of fused-ring (bicyclic) bond motifs is 1. The molecular weight excluding hydrogens is 745 g/mol. The van der Waals surface area contributed by atoms with E-state index in [1.165, 1.54) is 13.2 Å². The van der Waals surface area contributed by atoms with E-state index in [-0.39, 0.29) is 29.6 Å². The minimum Gasteiger partial charge on any atom is -0.508 e. The number of rotatable bonds is 15. The van der Waals surface area contributed by atoms with Crippen molar-refractivity contribution in [2.24, 2.45) is 0 Å². The molecule has 7 aromatic carbocycles. The zero-order chi connectivity index (χ0) is 41.1. The van der Waals surface area contributed by atoms with Crippen LogP contribution in [0.3, 0.4) is 0 Å². The fraction of sp³-hybridized carbons (Fsp3) is 0.104. The van der Waals surface area contributed by atoms with Gasteiger partial charge in [-0.1, -0.05) is 78.9 Å². The number of ether oxygens (including phenoxy) is 3. The number of aromatic hydroxyl groups is 1. The average molecular weight is 787 g/mol. The zero-order valence-electron chi connectivity index (χ0n) is 32.2. The van der Waals surface area contributed by atoms with Gasteiger partial charge in [-0.05, 0) is 100 Å². The predicted octanol–water partition coefficient (Wildman–Crippen LogP) is 8.77. The molecule has 11 nitrogen and oxygen atoms in total. The number of methoxy groups -OCH3 is 1. The second-order valence-corrected chi connectivity index (χ2v) is 13.7. The van der Waals surface area contributed by atoms with Crippen LogP contribution < -0.4 is 35.9 Å². The minimum absolute atomic E-state index is 0.185. The molecule has 0 heterocycles. The highest BCUT2D eigenvalue weighted by atomic mass is 16.5. The lowest BCUT2D eigenvalue weighted by atomic mass is 10.1. The highest BCUT2D eigenvalue weighted by Gasteiger charge is 2.18. The molecule has 0 aromatic heterocycles. The topological polar surface area (TPSA) is 161 Å². The van der Waals surface area contributed by atoms with Gasteiger partial charge in [0.25, 0.3) is 17.7 Å². The van der Waals surface area contributed by atoms with Crippen LogP contribution in [0.5, 0.6) is 23.0 Å². The molecule has 6 N–H and O–H groups in total. The molecule has 0 saturated carbocycles. The smallest absolute Gasteiger partial charge is 0.255 e. The largest absolute Gasteiger partial charge is 0.508 e. The van der Waals surface area contributed by atoms with Crippen molar-refractivity contribution >= 4 is 45.6 Å². The van der Waals surface area contributed by atoms with Gasteiger partial charge in [0, 0.05) is 29.7 Å². The van der Waals surface area contributed by atoms with Gasteiger partial charge in [0.15, 0.2) is 0 Å². The van der Waals surface area contributed by atoms with Gasteiger partial charge >= 0.3 is 0 Å². The standard InChI is InChI=1S/C48H42N4O7/c1-57-44-27-38(17-21-41(44)51-47(55)37-15-20-40(49)43(26-37)58-24-23-31-12-18-39(53)19-13-31)48(56)52-42-22-16-36(28-45(42)59-30-32-7-3-2-4-8-32)46(54)50-29-33-11-14-34-9-5-6-10-35(34)25-33/h2-22,25-28,53H,23-24,29-30,49H2,1H3,(H,50,54)(H,51,55)(H,52,56). The predicted molar refractivity (Wildman–Crippen MR) is 229 cm³/mol. The molecule has 0 fully saturated rings. The van der Waals surface area contributed by atoms with Crippen molar-refractivity contribution in [1.29, 1.82) is 0 Å². The molecule has 0 aliphatic carbocycles. The number of carbonyl (C=O) groups excluding carboxylic acids is 3. The van der Waals surface area contributed by atoms with E-state index in [4.69, 9.17) is 19.9 Å². The van der Waals surface area contributed by atoms with Crippen molar-refractivity contribution in [2.75, 3.05) is 30.1 Å². The Balaban J connectivity index is 1.02. The number of benzene rings is 7. The van der Waals surface area contributed by atoms with Crippen LogP contribution in [0, 0.1) is 0 Å². The Morgan fingerprint density at radius 3 is 1.86 bits per heavy atom. The van der Waals surface area contributed by atoms with Gasteiger partial charge in [0.1, 0.15) is 29.6 Å². The highest BCUT2D eigenvalue weighted by molar-refractivity contribution is 6.08. The van der Waals surface area contributed by atoms with E-state index < -0.39 is 11.8 Å². The molecule has 0 spiro atoms. The van der Waals surface area contributed by atoms with E-state index in [1.807, 2.05) is 72.8 Å². The second kappa shape index (κ2) is 18.4. The van der Waals surface area contributed by atoms with Gasteiger partial charge in [-0.3, -0.25) is 14.4 Å². The highest BCUT2D eigenvalue weighted by Crippen LogP contribution is 2.31. The van der Waals surface area contributed by atoms with Gasteiger partial charge < -0.3 is 41.0 Å². The fourth-order valence-electron chi connectivity index (χ4n) is 6.32. The molecule has 0 aliphatic rings. The van der Waals surface area contributed by atoms with Crippen LogP contribution in [0.4, 0.5) is 17.1 Å². The van der Waals surface area contributed by atoms with Crippen molar-refractivity contribution in [1.82, 2.24) is 5.32 Å². The third-order valence-corrected chi connectivity index (χ3v) is 9.57. The fourth-order valence-corrected chi connectivity index (χ4v) is 6.32. The first-order valence-corrected chi connectivity index (χ1v) is 18.9. The normalized spacial score (nSPS) is 10.7. The summed E-state index contributed by atoms with van der Waals surface area (Å²) in [6.07, 6.45) is 0.574. The maximum Gasteiger partial charge on any atom is 0.255 e. The van der Waals surface area contributed by atoms with Crippen molar-refractivity contribution < 1.29 is 33.7 Å². The molecule has 7 aromatic rings. The molecule has 59 heavy (non-hydrogen) atoms. The lowest BCUT2D eigenvalue weighted by Gasteiger charge is -2.16. The maximum absolute atomic E-state index is 13.7. The Hall–Kier alpha value is -7.79. The molecule has 11 heteroatoms. The summed E-state index contributed by atoms with van der Waals surface area (Å²) < 4.78 is 17.6. The first-order valence-electron chi connectivity index (χ1n) is 18.9. The Morgan fingerprint density at radius 2 is 1.15 bits per heavy atom. The summed E-state index contributed by atoms with van der Waals surface area (Å²) in [5, 5.41) is 20.5. The van der Waals surface area contributed by atoms with Gasteiger partial charge in [0.05, 0.1) is 30.8 Å². The Bertz CT molecular complexity index is 2610. The molecule has 0 unspecified atom stereocenters. The summed E-state index contributed by atoms with van der Waals surface area (Å²) in [4.78, 5) is 40.4. The monoisotopic (exact) mass is 786 g/mol. The van der Waals surface area contributed by atoms with Crippen LogP contribution in [-0.4, -0.2) is 36.5 Å². The third kappa shape index (κ3) is 10.2. The number of nitrogens with two attached hydrogens (primary N) is 1. The summed E-state index contributed by atoms with van der Waals surface area (Å²) in [5.41, 5.74) is 11.0. The summed E-state index contributed by atoms with van der Waals surface area (Å²) in [6, 6.07) is 44.8. The molecule has 0 saturated heterocycles. The van der Waals surface area contributed by atoms with E-state index in [9.17, 15) is 19.5 Å². The average Bonchev–Trinajstić information content (AvgIpc) is 3.26. The van der Waals surface area contributed by atoms with Crippen molar-refractivity contribution in [3.63, 3.8) is 0 Å². The summed E-state index contributed by atoms with van der Waals surface area (Å²) >= 11 is 0. The van der Waals surface area contributed by atoms with E-state index >= 15 is 0 Å². The first-order chi connectivity index (χ1) is 28.7. The number of nitrogens with one attached hydrogen (secondary N) is 3. The van der Waals surface area contributed by atoms with Gasteiger partial charge in [-0.2, -0.15) is 0 Å². The quantitative estimate of drug-likeness (QED) is 0.0645. The second-order valence-electron chi connectivity index (χ2n) is 13.7. The number of phenolic OH excluding ortho intramolecular Hbond substituents is 1. The number of amides is 3. The molecule has 0 aliphatic heterocycles. The summed E-state index contributed by atoms with van der Waals surface area (Å²) in [5.74, 6) is -0.0927. The number of hydrogen-bond acceptors (Lipinski definition) is 8. The lowest BCUT2D eigenvalue weighted by molar-refractivity contribution is 0.0949. The number of hydrogen-bond donors (Lipinski definition) is 5. The van der Waals surface area contributed by atoms with Crippen LogP contribution in [-0.2, 0) is 19.6 Å². The van der Waals surface area contributed by atoms with E-state index in [1.54, 1.807) is 72.8 Å². The van der Waals surface area contributed by atoms with E-state index in [0.29, 0.717) is 59.3 Å². The zero-order valence-corrected chi connectivity index (χ0v) is 32.2. The van der Waals surface area contributed by atoms with Crippen LogP contribution >= 0.6 is 0 Å². The Labute approximate surface area is 341 Å². The number of anilines is 3. The van der Waals surface area contributed by atoms with Gasteiger partial charge in [0.2, 0.25) is 0 Å². The third-order valence-electron chi connectivity index (χ3n) is 9.57. The van der Waals surface area contributed by atoms with Crippen LogP contribution in [0.1, 0.15) is 47.8 Å². The van der Waals surface area contributed by atoms with Crippen molar-refractivity contribution in [3.8, 4) is 23.0 Å². The first kappa shape index (κ1) is 39.4.